The fourth-order valence-electron chi connectivity index (χ4n) is 2.60. The summed E-state index contributed by atoms with van der Waals surface area (Å²) in [6.45, 7) is 12.5. The third-order valence-corrected chi connectivity index (χ3v) is 3.88. The fourth-order valence-corrected chi connectivity index (χ4v) is 2.60. The Morgan fingerprint density at radius 1 is 1.14 bits per heavy atom. The molecule has 0 aromatic carbocycles. The van der Waals surface area contributed by atoms with E-state index in [2.05, 4.69) is 25.7 Å². The molecule has 1 rings (SSSR count). The molecule has 1 aliphatic heterocycles. The number of rotatable bonds is 12. The normalized spacial score (nSPS) is 21.4. The lowest BCUT2D eigenvalue weighted by Gasteiger charge is -2.33. The number of hydrogen-bond acceptors (Lipinski definition) is 5. The summed E-state index contributed by atoms with van der Waals surface area (Å²) in [5.74, 6) is 0. The Kier molecular flexibility index (Phi) is 11.1. The fraction of sp³-hybridized carbons (Fsp3) is 1.00. The van der Waals surface area contributed by atoms with Crippen LogP contribution in [0.2, 0.25) is 0 Å². The van der Waals surface area contributed by atoms with Crippen molar-refractivity contribution in [3.05, 3.63) is 0 Å². The molecule has 132 valence electrons. The van der Waals surface area contributed by atoms with E-state index in [9.17, 15) is 0 Å². The Bertz CT molecular complexity index is 263. The SMILES string of the molecule is COCCOC(C)CCC1CN(CCCOC(C)C)CCO1. The van der Waals surface area contributed by atoms with Crippen molar-refractivity contribution in [2.24, 2.45) is 0 Å². The molecule has 5 heteroatoms. The van der Waals surface area contributed by atoms with Gasteiger partial charge in [-0.25, -0.2) is 0 Å². The molecule has 22 heavy (non-hydrogen) atoms. The van der Waals surface area contributed by atoms with Gasteiger partial charge in [-0.05, 0) is 40.0 Å². The zero-order chi connectivity index (χ0) is 16.2. The Morgan fingerprint density at radius 3 is 2.68 bits per heavy atom. The van der Waals surface area contributed by atoms with Crippen LogP contribution < -0.4 is 0 Å². The Morgan fingerprint density at radius 2 is 1.95 bits per heavy atom. The Hall–Kier alpha value is -0.200. The highest BCUT2D eigenvalue weighted by atomic mass is 16.5. The molecule has 0 N–H and O–H groups in total. The molecule has 1 fully saturated rings. The maximum atomic E-state index is 5.88. The van der Waals surface area contributed by atoms with Crippen molar-refractivity contribution in [2.45, 2.75) is 58.3 Å². The maximum Gasteiger partial charge on any atom is 0.0703 e. The summed E-state index contributed by atoms with van der Waals surface area (Å²) in [5.41, 5.74) is 0. The first-order chi connectivity index (χ1) is 10.6. The van der Waals surface area contributed by atoms with Crippen molar-refractivity contribution in [3.8, 4) is 0 Å². The average molecular weight is 317 g/mol. The molecular weight excluding hydrogens is 282 g/mol. The van der Waals surface area contributed by atoms with E-state index in [-0.39, 0.29) is 6.10 Å². The van der Waals surface area contributed by atoms with Gasteiger partial charge in [0.15, 0.2) is 0 Å². The van der Waals surface area contributed by atoms with Gasteiger partial charge in [0.1, 0.15) is 0 Å². The van der Waals surface area contributed by atoms with Gasteiger partial charge >= 0.3 is 0 Å². The van der Waals surface area contributed by atoms with Crippen LogP contribution >= 0.6 is 0 Å². The second-order valence-electron chi connectivity index (χ2n) is 6.32. The van der Waals surface area contributed by atoms with E-state index < -0.39 is 0 Å². The minimum absolute atomic E-state index is 0.272. The van der Waals surface area contributed by atoms with Gasteiger partial charge in [0.05, 0.1) is 38.1 Å². The third-order valence-electron chi connectivity index (χ3n) is 3.88. The molecule has 0 bridgehead atoms. The van der Waals surface area contributed by atoms with Crippen LogP contribution in [0.3, 0.4) is 0 Å². The number of morpholine rings is 1. The summed E-state index contributed by atoms with van der Waals surface area (Å²) in [6.07, 6.45) is 4.15. The molecule has 0 aromatic rings. The molecule has 1 aliphatic rings. The first-order valence-electron chi connectivity index (χ1n) is 8.68. The summed E-state index contributed by atoms with van der Waals surface area (Å²) in [4.78, 5) is 2.49. The highest BCUT2D eigenvalue weighted by molar-refractivity contribution is 4.72. The molecule has 0 aromatic heterocycles. The number of ether oxygens (including phenoxy) is 4. The standard InChI is InChI=1S/C17H35NO4/c1-15(2)20-10-5-8-18-9-11-22-17(14-18)7-6-16(3)21-13-12-19-4/h15-17H,5-14H2,1-4H3. The topological polar surface area (TPSA) is 40.2 Å². The second-order valence-corrected chi connectivity index (χ2v) is 6.32. The second kappa shape index (κ2) is 12.3. The first-order valence-corrected chi connectivity index (χ1v) is 8.68. The van der Waals surface area contributed by atoms with E-state index in [0.29, 0.717) is 25.4 Å². The lowest BCUT2D eigenvalue weighted by Crippen LogP contribution is -2.43. The van der Waals surface area contributed by atoms with Crippen molar-refractivity contribution >= 4 is 0 Å². The Balaban J connectivity index is 2.09. The number of hydrogen-bond donors (Lipinski definition) is 0. The lowest BCUT2D eigenvalue weighted by atomic mass is 10.1. The minimum atomic E-state index is 0.272. The summed E-state index contributed by atoms with van der Waals surface area (Å²) in [6, 6.07) is 0. The largest absolute Gasteiger partial charge is 0.382 e. The maximum absolute atomic E-state index is 5.88. The smallest absolute Gasteiger partial charge is 0.0703 e. The highest BCUT2D eigenvalue weighted by Crippen LogP contribution is 2.13. The van der Waals surface area contributed by atoms with Crippen LogP contribution in [-0.2, 0) is 18.9 Å². The lowest BCUT2D eigenvalue weighted by molar-refractivity contribution is -0.0453. The molecule has 0 amide bonds. The van der Waals surface area contributed by atoms with Gasteiger partial charge < -0.3 is 18.9 Å². The molecule has 0 radical (unpaired) electrons. The summed E-state index contributed by atoms with van der Waals surface area (Å²) in [7, 11) is 1.70. The van der Waals surface area contributed by atoms with Gasteiger partial charge in [0.25, 0.3) is 0 Å². The Labute approximate surface area is 136 Å². The molecule has 5 nitrogen and oxygen atoms in total. The zero-order valence-corrected chi connectivity index (χ0v) is 14.9. The predicted octanol–water partition coefficient (Wildman–Crippen LogP) is 2.33. The van der Waals surface area contributed by atoms with Crippen LogP contribution in [0.1, 0.15) is 40.0 Å². The van der Waals surface area contributed by atoms with E-state index in [1.54, 1.807) is 7.11 Å². The van der Waals surface area contributed by atoms with Crippen molar-refractivity contribution in [3.63, 3.8) is 0 Å². The van der Waals surface area contributed by atoms with E-state index in [0.717, 1.165) is 52.1 Å². The first kappa shape index (κ1) is 19.8. The monoisotopic (exact) mass is 317 g/mol. The third kappa shape index (κ3) is 9.74. The van der Waals surface area contributed by atoms with Gasteiger partial charge in [0.2, 0.25) is 0 Å². The number of nitrogens with zero attached hydrogens (tertiary/aromatic N) is 1. The summed E-state index contributed by atoms with van der Waals surface area (Å²) in [5, 5.41) is 0. The number of methoxy groups -OCH3 is 1. The van der Waals surface area contributed by atoms with Crippen LogP contribution in [-0.4, -0.2) is 76.4 Å². The molecule has 0 saturated carbocycles. The molecule has 2 unspecified atom stereocenters. The summed E-state index contributed by atoms with van der Waals surface area (Å²) < 4.78 is 22.2. The molecule has 1 saturated heterocycles. The van der Waals surface area contributed by atoms with Crippen LogP contribution in [0.25, 0.3) is 0 Å². The van der Waals surface area contributed by atoms with Crippen molar-refractivity contribution < 1.29 is 18.9 Å². The molecule has 2 atom stereocenters. The van der Waals surface area contributed by atoms with Gasteiger partial charge in [-0.1, -0.05) is 0 Å². The molecule has 0 aliphatic carbocycles. The van der Waals surface area contributed by atoms with Crippen molar-refractivity contribution in [1.82, 2.24) is 4.90 Å². The van der Waals surface area contributed by atoms with E-state index in [1.165, 1.54) is 0 Å². The quantitative estimate of drug-likeness (QED) is 0.517. The van der Waals surface area contributed by atoms with Gasteiger partial charge in [-0.3, -0.25) is 4.90 Å². The van der Waals surface area contributed by atoms with Crippen LogP contribution in [0, 0.1) is 0 Å². The van der Waals surface area contributed by atoms with Gasteiger partial charge in [0, 0.05) is 33.4 Å². The van der Waals surface area contributed by atoms with E-state index in [4.69, 9.17) is 18.9 Å². The van der Waals surface area contributed by atoms with Crippen molar-refractivity contribution in [2.75, 3.05) is 53.2 Å². The average Bonchev–Trinajstić information content (AvgIpc) is 2.50. The molecular formula is C17H35NO4. The predicted molar refractivity (Wildman–Crippen MR) is 88.4 cm³/mol. The van der Waals surface area contributed by atoms with Gasteiger partial charge in [-0.15, -0.1) is 0 Å². The van der Waals surface area contributed by atoms with Crippen LogP contribution in [0.4, 0.5) is 0 Å². The van der Waals surface area contributed by atoms with Crippen LogP contribution in [0.15, 0.2) is 0 Å². The van der Waals surface area contributed by atoms with Crippen molar-refractivity contribution in [1.29, 1.82) is 0 Å². The van der Waals surface area contributed by atoms with E-state index >= 15 is 0 Å². The molecule has 1 heterocycles. The van der Waals surface area contributed by atoms with E-state index in [1.807, 2.05) is 0 Å². The minimum Gasteiger partial charge on any atom is -0.382 e. The highest BCUT2D eigenvalue weighted by Gasteiger charge is 2.20. The zero-order valence-electron chi connectivity index (χ0n) is 14.9. The van der Waals surface area contributed by atoms with Crippen LogP contribution in [0.5, 0.6) is 0 Å². The van der Waals surface area contributed by atoms with Gasteiger partial charge in [-0.2, -0.15) is 0 Å². The molecule has 0 spiro atoms. The summed E-state index contributed by atoms with van der Waals surface area (Å²) >= 11 is 0.